The van der Waals surface area contributed by atoms with Gasteiger partial charge in [-0.05, 0) is 49.7 Å². The smallest absolute Gasteiger partial charge is 0.234 e. The fraction of sp³-hybridized carbons (Fsp3) is 0.176. The van der Waals surface area contributed by atoms with E-state index in [-0.39, 0.29) is 5.82 Å². The van der Waals surface area contributed by atoms with E-state index in [1.807, 2.05) is 25.1 Å². The zero-order chi connectivity index (χ0) is 17.9. The molecule has 0 aliphatic carbocycles. The van der Waals surface area contributed by atoms with Crippen LogP contribution in [0.25, 0.3) is 20.8 Å². The SMILES string of the molecule is C[C@H](N)C(N)=O.Cc1cc(-c2nc3cc(F)ccc3s2)ccc1N. The van der Waals surface area contributed by atoms with Crippen molar-refractivity contribution in [1.82, 2.24) is 4.98 Å². The Balaban J connectivity index is 0.000000301. The first-order valence-corrected chi connectivity index (χ1v) is 8.07. The third kappa shape index (κ3) is 4.27. The predicted molar refractivity (Wildman–Crippen MR) is 97.0 cm³/mol. The van der Waals surface area contributed by atoms with Crippen LogP contribution in [0.4, 0.5) is 10.1 Å². The van der Waals surface area contributed by atoms with Crippen molar-refractivity contribution in [2.75, 3.05) is 5.73 Å². The van der Waals surface area contributed by atoms with Gasteiger partial charge in [0.15, 0.2) is 0 Å². The molecule has 1 amide bonds. The van der Waals surface area contributed by atoms with Crippen molar-refractivity contribution >= 4 is 33.1 Å². The van der Waals surface area contributed by atoms with Crippen molar-refractivity contribution < 1.29 is 9.18 Å². The number of benzene rings is 2. The number of nitrogens with two attached hydrogens (primary N) is 3. The first-order valence-electron chi connectivity index (χ1n) is 7.25. The fourth-order valence-electron chi connectivity index (χ4n) is 1.83. The molecule has 0 aliphatic heterocycles. The highest BCUT2D eigenvalue weighted by Crippen LogP contribution is 2.31. The van der Waals surface area contributed by atoms with Gasteiger partial charge in [0.05, 0.1) is 16.3 Å². The number of thiazole rings is 1. The quantitative estimate of drug-likeness (QED) is 0.620. The van der Waals surface area contributed by atoms with E-state index >= 15 is 0 Å². The molecule has 1 heterocycles. The molecule has 0 bridgehead atoms. The Morgan fingerprint density at radius 3 is 2.50 bits per heavy atom. The molecule has 126 valence electrons. The van der Waals surface area contributed by atoms with Crippen LogP contribution < -0.4 is 17.2 Å². The minimum Gasteiger partial charge on any atom is -0.399 e. The summed E-state index contributed by atoms with van der Waals surface area (Å²) in [6.07, 6.45) is 0. The molecule has 3 aromatic rings. The van der Waals surface area contributed by atoms with Crippen LogP contribution in [0.15, 0.2) is 36.4 Å². The second-order valence-corrected chi connectivity index (χ2v) is 6.42. The Hall–Kier alpha value is -2.51. The summed E-state index contributed by atoms with van der Waals surface area (Å²) >= 11 is 1.56. The predicted octanol–water partition coefficient (Wildman–Crippen LogP) is 2.81. The molecule has 24 heavy (non-hydrogen) atoms. The number of carbonyl (C=O) groups excluding carboxylic acids is 1. The monoisotopic (exact) mass is 346 g/mol. The summed E-state index contributed by atoms with van der Waals surface area (Å²) in [6, 6.07) is 9.98. The lowest BCUT2D eigenvalue weighted by Gasteiger charge is -2.01. The van der Waals surface area contributed by atoms with Crippen molar-refractivity contribution in [1.29, 1.82) is 0 Å². The van der Waals surface area contributed by atoms with Crippen LogP contribution in [-0.2, 0) is 4.79 Å². The zero-order valence-electron chi connectivity index (χ0n) is 13.4. The van der Waals surface area contributed by atoms with Gasteiger partial charge in [-0.15, -0.1) is 11.3 Å². The van der Waals surface area contributed by atoms with Gasteiger partial charge >= 0.3 is 0 Å². The van der Waals surface area contributed by atoms with Crippen LogP contribution >= 0.6 is 11.3 Å². The second-order valence-electron chi connectivity index (χ2n) is 5.39. The number of anilines is 1. The van der Waals surface area contributed by atoms with Crippen LogP contribution in [0.3, 0.4) is 0 Å². The molecule has 0 spiro atoms. The van der Waals surface area contributed by atoms with E-state index < -0.39 is 11.9 Å². The maximum Gasteiger partial charge on any atom is 0.234 e. The number of hydrogen-bond donors (Lipinski definition) is 3. The lowest BCUT2D eigenvalue weighted by Crippen LogP contribution is -2.32. The van der Waals surface area contributed by atoms with Crippen molar-refractivity contribution in [3.8, 4) is 10.6 Å². The summed E-state index contributed by atoms with van der Waals surface area (Å²) in [7, 11) is 0. The number of carbonyl (C=O) groups is 1. The van der Waals surface area contributed by atoms with Gasteiger partial charge < -0.3 is 17.2 Å². The van der Waals surface area contributed by atoms with Crippen molar-refractivity contribution in [2.24, 2.45) is 11.5 Å². The maximum absolute atomic E-state index is 13.1. The molecular weight excluding hydrogens is 327 g/mol. The number of primary amides is 1. The molecule has 0 saturated heterocycles. The zero-order valence-corrected chi connectivity index (χ0v) is 14.2. The van der Waals surface area contributed by atoms with Crippen molar-refractivity contribution in [3.05, 3.63) is 47.8 Å². The molecule has 6 N–H and O–H groups in total. The second kappa shape index (κ2) is 7.37. The van der Waals surface area contributed by atoms with Crippen LogP contribution in [-0.4, -0.2) is 16.9 Å². The van der Waals surface area contributed by atoms with Gasteiger partial charge in [0, 0.05) is 17.3 Å². The van der Waals surface area contributed by atoms with Crippen LogP contribution in [0, 0.1) is 12.7 Å². The highest BCUT2D eigenvalue weighted by molar-refractivity contribution is 7.21. The molecule has 1 atom stereocenters. The summed E-state index contributed by atoms with van der Waals surface area (Å²) in [4.78, 5) is 14.2. The molecule has 3 rings (SSSR count). The lowest BCUT2D eigenvalue weighted by atomic mass is 10.1. The van der Waals surface area contributed by atoms with Gasteiger partial charge in [-0.1, -0.05) is 0 Å². The number of fused-ring (bicyclic) bond motifs is 1. The maximum atomic E-state index is 13.1. The molecule has 0 unspecified atom stereocenters. The fourth-order valence-corrected chi connectivity index (χ4v) is 2.78. The van der Waals surface area contributed by atoms with E-state index in [0.29, 0.717) is 5.52 Å². The third-order valence-corrected chi connectivity index (χ3v) is 4.40. The molecule has 0 fully saturated rings. The molecule has 2 aromatic carbocycles. The van der Waals surface area contributed by atoms with Gasteiger partial charge in [0.25, 0.3) is 0 Å². The van der Waals surface area contributed by atoms with Crippen molar-refractivity contribution in [3.63, 3.8) is 0 Å². The Labute approximate surface area is 143 Å². The topological polar surface area (TPSA) is 108 Å². The number of nitrogens with zero attached hydrogens (tertiary/aromatic N) is 1. The van der Waals surface area contributed by atoms with Gasteiger partial charge in [-0.2, -0.15) is 0 Å². The minimum atomic E-state index is -0.509. The first kappa shape index (κ1) is 17.8. The molecule has 7 heteroatoms. The number of rotatable bonds is 2. The van der Waals surface area contributed by atoms with Gasteiger partial charge in [0.1, 0.15) is 10.8 Å². The van der Waals surface area contributed by atoms with E-state index in [1.54, 1.807) is 24.3 Å². The number of nitrogen functional groups attached to an aromatic ring is 1. The van der Waals surface area contributed by atoms with Crippen LogP contribution in [0.2, 0.25) is 0 Å². The van der Waals surface area contributed by atoms with Gasteiger partial charge in [-0.25, -0.2) is 9.37 Å². The Bertz CT molecular complexity index is 876. The Morgan fingerprint density at radius 2 is 1.92 bits per heavy atom. The number of hydrogen-bond acceptors (Lipinski definition) is 5. The minimum absolute atomic E-state index is 0.257. The molecule has 0 radical (unpaired) electrons. The Morgan fingerprint density at radius 1 is 1.25 bits per heavy atom. The van der Waals surface area contributed by atoms with E-state index in [1.165, 1.54) is 12.1 Å². The number of halogens is 1. The highest BCUT2D eigenvalue weighted by atomic mass is 32.1. The van der Waals surface area contributed by atoms with Crippen LogP contribution in [0.5, 0.6) is 0 Å². The van der Waals surface area contributed by atoms with Crippen LogP contribution in [0.1, 0.15) is 12.5 Å². The first-order chi connectivity index (χ1) is 11.3. The normalized spacial score (nSPS) is 11.7. The third-order valence-electron chi connectivity index (χ3n) is 3.32. The number of aromatic nitrogens is 1. The molecule has 0 aliphatic rings. The number of amides is 1. The summed E-state index contributed by atoms with van der Waals surface area (Å²) in [5, 5.41) is 0.888. The lowest BCUT2D eigenvalue weighted by molar-refractivity contribution is -0.118. The van der Waals surface area contributed by atoms with E-state index in [4.69, 9.17) is 11.5 Å². The van der Waals surface area contributed by atoms with E-state index in [9.17, 15) is 9.18 Å². The molecule has 0 saturated carbocycles. The van der Waals surface area contributed by atoms with Gasteiger partial charge in [0.2, 0.25) is 5.91 Å². The summed E-state index contributed by atoms with van der Waals surface area (Å²) in [6.45, 7) is 3.51. The summed E-state index contributed by atoms with van der Waals surface area (Å²) < 4.78 is 14.1. The molecule has 1 aromatic heterocycles. The largest absolute Gasteiger partial charge is 0.399 e. The Kier molecular flexibility index (Phi) is 5.48. The van der Waals surface area contributed by atoms with E-state index in [2.05, 4.69) is 10.7 Å². The summed E-state index contributed by atoms with van der Waals surface area (Å²) in [5.74, 6) is -0.720. The average molecular weight is 346 g/mol. The summed E-state index contributed by atoms with van der Waals surface area (Å²) in [5.41, 5.74) is 18.9. The van der Waals surface area contributed by atoms with E-state index in [0.717, 1.165) is 26.5 Å². The van der Waals surface area contributed by atoms with Crippen molar-refractivity contribution in [2.45, 2.75) is 19.9 Å². The molecular formula is C17H19FN4OS. The average Bonchev–Trinajstić information content (AvgIpc) is 2.93. The highest BCUT2D eigenvalue weighted by Gasteiger charge is 2.08. The molecule has 5 nitrogen and oxygen atoms in total. The van der Waals surface area contributed by atoms with Gasteiger partial charge in [-0.3, -0.25) is 4.79 Å². The number of aryl methyl sites for hydroxylation is 1. The standard InChI is InChI=1S/C14H11FN2S.C3H8N2O/c1-8-6-9(2-4-11(8)16)14-17-12-7-10(15)3-5-13(12)18-14;1-2(4)3(5)6/h2-7H,16H2,1H3;2H,4H2,1H3,(H2,5,6)/t;2-/m.0/s1.